The van der Waals surface area contributed by atoms with Crippen molar-refractivity contribution in [3.8, 4) is 5.75 Å². The zero-order valence-electron chi connectivity index (χ0n) is 18.1. The van der Waals surface area contributed by atoms with E-state index in [1.165, 1.54) is 16.9 Å². The Bertz CT molecular complexity index is 1210. The largest absolute Gasteiger partial charge is 0.502 e. The Morgan fingerprint density at radius 3 is 2.76 bits per heavy atom. The fourth-order valence-electron chi connectivity index (χ4n) is 5.47. The number of aromatic hydroxyl groups is 1. The van der Waals surface area contributed by atoms with E-state index in [4.69, 9.17) is 0 Å². The molecule has 8 nitrogen and oxygen atoms in total. The number of rotatable bonds is 4. The highest BCUT2D eigenvalue weighted by molar-refractivity contribution is 5.99. The third-order valence-electron chi connectivity index (χ3n) is 7.02. The summed E-state index contributed by atoms with van der Waals surface area (Å²) in [5.41, 5.74) is -1.43. The number of carbonyl (C=O) groups excluding carboxylic acids is 2. The first kappa shape index (κ1) is 21.4. The van der Waals surface area contributed by atoms with Gasteiger partial charge in [-0.3, -0.25) is 24.1 Å². The minimum Gasteiger partial charge on any atom is -0.502 e. The number of pyridine rings is 1. The molecule has 1 aromatic carbocycles. The summed E-state index contributed by atoms with van der Waals surface area (Å²) in [4.78, 5) is 40.5. The van der Waals surface area contributed by atoms with Gasteiger partial charge in [0.25, 0.3) is 11.8 Å². The molecule has 1 saturated carbocycles. The Hall–Kier alpha value is -3.43. The van der Waals surface area contributed by atoms with E-state index in [9.17, 15) is 28.3 Å². The van der Waals surface area contributed by atoms with E-state index < -0.39 is 34.6 Å². The highest BCUT2D eigenvalue weighted by Gasteiger charge is 2.49. The van der Waals surface area contributed by atoms with E-state index in [2.05, 4.69) is 5.32 Å². The lowest BCUT2D eigenvalue weighted by Crippen LogP contribution is -2.66. The first-order chi connectivity index (χ1) is 15.8. The molecule has 3 heterocycles. The van der Waals surface area contributed by atoms with Gasteiger partial charge < -0.3 is 15.3 Å². The van der Waals surface area contributed by atoms with Crippen LogP contribution in [-0.2, 0) is 6.54 Å². The van der Waals surface area contributed by atoms with Crippen molar-refractivity contribution >= 4 is 11.8 Å². The van der Waals surface area contributed by atoms with E-state index in [1.54, 1.807) is 4.90 Å². The van der Waals surface area contributed by atoms with Crippen molar-refractivity contribution in [3.63, 3.8) is 0 Å². The Kier molecular flexibility index (Phi) is 5.10. The average Bonchev–Trinajstić information content (AvgIpc) is 3.17. The van der Waals surface area contributed by atoms with Gasteiger partial charge in [0.2, 0.25) is 5.43 Å². The number of nitrogens with one attached hydrogen (secondary N) is 1. The predicted octanol–water partition coefficient (Wildman–Crippen LogP) is 1.93. The molecule has 2 fully saturated rings. The van der Waals surface area contributed by atoms with E-state index in [-0.39, 0.29) is 35.4 Å². The highest BCUT2D eigenvalue weighted by atomic mass is 19.1. The van der Waals surface area contributed by atoms with Crippen LogP contribution < -0.4 is 15.8 Å². The summed E-state index contributed by atoms with van der Waals surface area (Å²) < 4.78 is 28.5. The first-order valence-electron chi connectivity index (χ1n) is 11.1. The molecule has 1 aliphatic carbocycles. The molecule has 3 atom stereocenters. The predicted molar refractivity (Wildman–Crippen MR) is 114 cm³/mol. The second-order valence-corrected chi connectivity index (χ2v) is 8.90. The molecule has 2 aliphatic heterocycles. The zero-order valence-corrected chi connectivity index (χ0v) is 18.1. The monoisotopic (exact) mass is 458 g/mol. The van der Waals surface area contributed by atoms with Gasteiger partial charge in [-0.1, -0.05) is 6.07 Å². The van der Waals surface area contributed by atoms with Crippen LogP contribution >= 0.6 is 0 Å². The highest BCUT2D eigenvalue weighted by Crippen LogP contribution is 2.43. The van der Waals surface area contributed by atoms with Crippen LogP contribution in [0.25, 0.3) is 0 Å². The summed E-state index contributed by atoms with van der Waals surface area (Å²) in [5.74, 6) is -2.90. The van der Waals surface area contributed by atoms with E-state index in [1.807, 2.05) is 11.9 Å². The molecule has 0 unspecified atom stereocenters. The maximum absolute atomic E-state index is 13.9. The van der Waals surface area contributed by atoms with Crippen LogP contribution in [-0.4, -0.2) is 45.8 Å². The molecule has 10 heteroatoms. The SMILES string of the molecule is CCN1C(=O)c2c(O)c(=O)c(C(=O)NCc3ccc(F)cc3F)cn2N2C[C@@H]3CC[C@@H](C3)[C@@H]12. The van der Waals surface area contributed by atoms with Gasteiger partial charge in [-0.05, 0) is 44.1 Å². The van der Waals surface area contributed by atoms with Gasteiger partial charge in [0, 0.05) is 37.5 Å². The normalized spacial score (nSPS) is 23.4. The fourth-order valence-corrected chi connectivity index (χ4v) is 5.47. The number of fused-ring (bicyclic) bond motifs is 6. The summed E-state index contributed by atoms with van der Waals surface area (Å²) in [6, 6.07) is 2.98. The van der Waals surface area contributed by atoms with Crippen molar-refractivity contribution in [2.45, 2.75) is 38.9 Å². The number of carbonyl (C=O) groups is 2. The van der Waals surface area contributed by atoms with Gasteiger partial charge in [-0.25, -0.2) is 8.78 Å². The lowest BCUT2D eigenvalue weighted by molar-refractivity contribution is 0.0424. The van der Waals surface area contributed by atoms with Crippen LogP contribution in [0.5, 0.6) is 5.75 Å². The fraction of sp³-hybridized carbons (Fsp3) is 0.435. The molecule has 33 heavy (non-hydrogen) atoms. The summed E-state index contributed by atoms with van der Waals surface area (Å²) in [5, 5.41) is 15.1. The quantitative estimate of drug-likeness (QED) is 0.730. The lowest BCUT2D eigenvalue weighted by Gasteiger charge is -2.51. The molecule has 174 valence electrons. The van der Waals surface area contributed by atoms with Gasteiger partial charge in [-0.2, -0.15) is 0 Å². The van der Waals surface area contributed by atoms with Gasteiger partial charge in [0.1, 0.15) is 23.4 Å². The number of halogens is 2. The Labute approximate surface area is 188 Å². The number of hydrogen-bond donors (Lipinski definition) is 2. The number of benzene rings is 1. The average molecular weight is 458 g/mol. The van der Waals surface area contributed by atoms with Crippen molar-refractivity contribution in [1.29, 1.82) is 0 Å². The van der Waals surface area contributed by atoms with Crippen LogP contribution in [0.2, 0.25) is 0 Å². The topological polar surface area (TPSA) is 94.9 Å². The van der Waals surface area contributed by atoms with Gasteiger partial charge in [-0.15, -0.1) is 0 Å². The van der Waals surface area contributed by atoms with Crippen molar-refractivity contribution < 1.29 is 23.5 Å². The number of hydrogen-bond acceptors (Lipinski definition) is 5. The molecule has 2 amide bonds. The molecular formula is C23H24F2N4O4. The molecule has 5 rings (SSSR count). The van der Waals surface area contributed by atoms with Crippen molar-refractivity contribution in [1.82, 2.24) is 14.9 Å². The number of piperidine rings is 1. The van der Waals surface area contributed by atoms with Gasteiger partial charge in [0.05, 0.1) is 0 Å². The number of amides is 2. The standard InChI is InChI=1S/C23H24F2N4O4/c1-2-27-22-13-4-3-12(7-13)10-29(22)28-11-16(19(30)20(31)18(28)23(27)33)21(32)26-9-14-5-6-15(24)8-17(14)25/h5-6,8,11-13,22,31H,2-4,7,9-10H2,1H3,(H,26,32)/t12-,13+,22+/m1/s1. The summed E-state index contributed by atoms with van der Waals surface area (Å²) in [6.45, 7) is 2.66. The molecule has 1 aromatic heterocycles. The van der Waals surface area contributed by atoms with Gasteiger partial charge >= 0.3 is 0 Å². The minimum atomic E-state index is -0.971. The smallest absolute Gasteiger partial charge is 0.278 e. The molecule has 2 bridgehead atoms. The maximum Gasteiger partial charge on any atom is 0.278 e. The molecule has 2 N–H and O–H groups in total. The van der Waals surface area contributed by atoms with Crippen LogP contribution in [0.1, 0.15) is 52.6 Å². The molecule has 3 aliphatic rings. The Morgan fingerprint density at radius 1 is 1.24 bits per heavy atom. The van der Waals surface area contributed by atoms with Crippen molar-refractivity contribution in [3.05, 3.63) is 63.1 Å². The Morgan fingerprint density at radius 2 is 2.03 bits per heavy atom. The molecule has 2 aromatic rings. The van der Waals surface area contributed by atoms with Crippen LogP contribution in [0, 0.1) is 23.5 Å². The van der Waals surface area contributed by atoms with Gasteiger partial charge in [0.15, 0.2) is 11.4 Å². The summed E-state index contributed by atoms with van der Waals surface area (Å²) >= 11 is 0. The summed E-state index contributed by atoms with van der Waals surface area (Å²) in [7, 11) is 0. The van der Waals surface area contributed by atoms with Crippen LogP contribution in [0.4, 0.5) is 8.78 Å². The van der Waals surface area contributed by atoms with Crippen molar-refractivity contribution in [2.75, 3.05) is 18.1 Å². The maximum atomic E-state index is 13.9. The van der Waals surface area contributed by atoms with E-state index in [0.29, 0.717) is 25.1 Å². The van der Waals surface area contributed by atoms with E-state index in [0.717, 1.165) is 25.3 Å². The third-order valence-corrected chi connectivity index (χ3v) is 7.02. The first-order valence-corrected chi connectivity index (χ1v) is 11.1. The van der Waals surface area contributed by atoms with Crippen LogP contribution in [0.3, 0.4) is 0 Å². The Balaban J connectivity index is 1.51. The lowest BCUT2D eigenvalue weighted by atomic mass is 9.94. The number of aromatic nitrogens is 1. The third kappa shape index (κ3) is 3.35. The van der Waals surface area contributed by atoms with Crippen LogP contribution in [0.15, 0.2) is 29.2 Å². The zero-order chi connectivity index (χ0) is 23.4. The number of nitrogens with zero attached hydrogens (tertiary/aromatic N) is 3. The molecule has 1 saturated heterocycles. The minimum absolute atomic E-state index is 0.0495. The van der Waals surface area contributed by atoms with E-state index >= 15 is 0 Å². The van der Waals surface area contributed by atoms with Crippen molar-refractivity contribution in [2.24, 2.45) is 11.8 Å². The summed E-state index contributed by atoms with van der Waals surface area (Å²) in [6.07, 6.45) is 4.13. The molecular weight excluding hydrogens is 434 g/mol. The molecule has 0 radical (unpaired) electrons. The second kappa shape index (κ2) is 7.86. The molecule has 0 spiro atoms. The second-order valence-electron chi connectivity index (χ2n) is 8.90.